The minimum Gasteiger partial charge on any atom is -0.350 e. The molecule has 4 aromatic heterocycles. The molecule has 0 unspecified atom stereocenters. The van der Waals surface area contributed by atoms with Gasteiger partial charge in [0.1, 0.15) is 11.3 Å². The number of pyridine rings is 1. The fourth-order valence-electron chi connectivity index (χ4n) is 4.75. The van der Waals surface area contributed by atoms with Crippen LogP contribution in [0.3, 0.4) is 0 Å². The summed E-state index contributed by atoms with van der Waals surface area (Å²) in [4.78, 5) is 16.5. The number of nitrogens with one attached hydrogen (secondary N) is 1. The first-order chi connectivity index (χ1) is 15.0. The highest BCUT2D eigenvalue weighted by Crippen LogP contribution is 2.27. The largest absolute Gasteiger partial charge is 0.350 e. The molecule has 1 aliphatic rings. The summed E-state index contributed by atoms with van der Waals surface area (Å²) in [6.07, 6.45) is 8.59. The Morgan fingerprint density at radius 2 is 1.90 bits per heavy atom. The number of anilines is 1. The van der Waals surface area contributed by atoms with Crippen LogP contribution in [-0.4, -0.2) is 60.2 Å². The zero-order valence-corrected chi connectivity index (χ0v) is 18.7. The second-order valence-electron chi connectivity index (χ2n) is 8.70. The summed E-state index contributed by atoms with van der Waals surface area (Å²) < 4.78 is 4.03. The molecule has 0 spiro atoms. The van der Waals surface area contributed by atoms with Gasteiger partial charge in [0.25, 0.3) is 0 Å². The van der Waals surface area contributed by atoms with Crippen LogP contribution in [0.25, 0.3) is 27.9 Å². The number of nitrogens with zero attached hydrogens (tertiary/aromatic N) is 7. The highest BCUT2D eigenvalue weighted by atomic mass is 15.3. The molecule has 0 bridgehead atoms. The number of imidazole rings is 1. The van der Waals surface area contributed by atoms with E-state index in [0.717, 1.165) is 53.1 Å². The number of aryl methyl sites for hydroxylation is 2. The molecule has 8 nitrogen and oxygen atoms in total. The molecule has 1 saturated carbocycles. The van der Waals surface area contributed by atoms with Gasteiger partial charge < -0.3 is 14.8 Å². The van der Waals surface area contributed by atoms with Crippen LogP contribution in [0.1, 0.15) is 38.4 Å². The third-order valence-electron chi connectivity index (χ3n) is 6.55. The van der Waals surface area contributed by atoms with E-state index < -0.39 is 0 Å². The van der Waals surface area contributed by atoms with E-state index in [0.29, 0.717) is 18.0 Å². The van der Waals surface area contributed by atoms with Crippen LogP contribution in [0, 0.1) is 6.92 Å². The minimum atomic E-state index is 0.435. The third-order valence-corrected chi connectivity index (χ3v) is 6.55. The topological polar surface area (TPSA) is 76.2 Å². The van der Waals surface area contributed by atoms with Gasteiger partial charge in [0, 0.05) is 30.4 Å². The van der Waals surface area contributed by atoms with Gasteiger partial charge in [0.2, 0.25) is 5.95 Å². The summed E-state index contributed by atoms with van der Waals surface area (Å²) >= 11 is 0. The van der Waals surface area contributed by atoms with Crippen molar-refractivity contribution in [2.45, 2.75) is 58.2 Å². The molecule has 1 aliphatic carbocycles. The molecule has 0 amide bonds. The van der Waals surface area contributed by atoms with E-state index in [1.54, 1.807) is 0 Å². The van der Waals surface area contributed by atoms with Crippen molar-refractivity contribution in [3.63, 3.8) is 0 Å². The van der Waals surface area contributed by atoms with Gasteiger partial charge in [-0.1, -0.05) is 0 Å². The van der Waals surface area contributed by atoms with E-state index >= 15 is 0 Å². The molecular formula is C23H30N8. The highest BCUT2D eigenvalue weighted by Gasteiger charge is 2.23. The van der Waals surface area contributed by atoms with Crippen molar-refractivity contribution in [2.75, 3.05) is 19.4 Å². The average molecular weight is 419 g/mol. The standard InChI is InChI=1S/C23H30N8/c1-5-30-15(2)25-20-11-10-19(27-22(20)30)18-12-13-31-21(18)14-24-23(28-31)26-16-6-8-17(9-7-16)29(3)4/h10-14,16-17H,5-9H2,1-4H3,(H,26,28)/t16-,17-. The van der Waals surface area contributed by atoms with Crippen molar-refractivity contribution in [2.24, 2.45) is 0 Å². The number of rotatable bonds is 5. The molecule has 0 atom stereocenters. The van der Waals surface area contributed by atoms with Crippen molar-refractivity contribution >= 4 is 22.6 Å². The summed E-state index contributed by atoms with van der Waals surface area (Å²) in [5.41, 5.74) is 4.74. The number of hydrogen-bond donors (Lipinski definition) is 1. The fraction of sp³-hybridized carbons (Fsp3) is 0.478. The van der Waals surface area contributed by atoms with Crippen LogP contribution in [0.2, 0.25) is 0 Å². The van der Waals surface area contributed by atoms with Crippen molar-refractivity contribution in [3.05, 3.63) is 36.4 Å². The molecule has 1 fully saturated rings. The van der Waals surface area contributed by atoms with Crippen molar-refractivity contribution < 1.29 is 0 Å². The Labute approximate surface area is 182 Å². The van der Waals surface area contributed by atoms with Crippen molar-refractivity contribution in [1.29, 1.82) is 0 Å². The minimum absolute atomic E-state index is 0.435. The molecule has 0 aromatic carbocycles. The van der Waals surface area contributed by atoms with Crippen LogP contribution in [0.4, 0.5) is 5.95 Å². The zero-order chi connectivity index (χ0) is 21.5. The second-order valence-corrected chi connectivity index (χ2v) is 8.70. The summed E-state index contributed by atoms with van der Waals surface area (Å²) in [6.45, 7) is 4.99. The normalized spacial score (nSPS) is 19.5. The monoisotopic (exact) mass is 418 g/mol. The molecule has 4 heterocycles. The van der Waals surface area contributed by atoms with Gasteiger partial charge in [-0.05, 0) is 71.8 Å². The summed E-state index contributed by atoms with van der Waals surface area (Å²) in [5, 5.41) is 8.24. The summed E-state index contributed by atoms with van der Waals surface area (Å²) in [7, 11) is 4.34. The Morgan fingerprint density at radius 1 is 1.10 bits per heavy atom. The lowest BCUT2D eigenvalue weighted by atomic mass is 9.91. The van der Waals surface area contributed by atoms with E-state index in [9.17, 15) is 0 Å². The van der Waals surface area contributed by atoms with Crippen LogP contribution in [0.15, 0.2) is 30.6 Å². The van der Waals surface area contributed by atoms with Gasteiger partial charge in [0.15, 0.2) is 5.65 Å². The third kappa shape index (κ3) is 3.65. The van der Waals surface area contributed by atoms with Crippen LogP contribution >= 0.6 is 0 Å². The molecule has 0 saturated heterocycles. The SMILES string of the molecule is CCn1c(C)nc2ccc(-c3ccn4nc(N[C@H]5CC[C@H](N(C)C)CC5)ncc34)nc21. The quantitative estimate of drug-likeness (QED) is 0.532. The Hall–Kier alpha value is -3.00. The maximum absolute atomic E-state index is 4.91. The molecule has 1 N–H and O–H groups in total. The molecular weight excluding hydrogens is 388 g/mol. The van der Waals surface area contributed by atoms with Crippen molar-refractivity contribution in [3.8, 4) is 11.3 Å². The molecule has 0 radical (unpaired) electrons. The van der Waals surface area contributed by atoms with Gasteiger partial charge in [0.05, 0.1) is 17.4 Å². The number of fused-ring (bicyclic) bond motifs is 2. The molecule has 4 aromatic rings. The predicted octanol–water partition coefficient (Wildman–Crippen LogP) is 3.75. The molecule has 162 valence electrons. The molecule has 8 heteroatoms. The second kappa shape index (κ2) is 7.92. The van der Waals surface area contributed by atoms with Gasteiger partial charge in [-0.15, -0.1) is 5.10 Å². The molecule has 0 aliphatic heterocycles. The lowest BCUT2D eigenvalue weighted by molar-refractivity contribution is 0.221. The Bertz CT molecular complexity index is 1210. The summed E-state index contributed by atoms with van der Waals surface area (Å²) in [6, 6.07) is 7.25. The smallest absolute Gasteiger partial charge is 0.241 e. The summed E-state index contributed by atoms with van der Waals surface area (Å²) in [5.74, 6) is 1.67. The van der Waals surface area contributed by atoms with Gasteiger partial charge in [-0.2, -0.15) is 0 Å². The van der Waals surface area contributed by atoms with Gasteiger partial charge in [-0.3, -0.25) is 0 Å². The van der Waals surface area contributed by atoms with E-state index in [-0.39, 0.29) is 0 Å². The molecule has 5 rings (SSSR count). The number of hydrogen-bond acceptors (Lipinski definition) is 6. The fourth-order valence-corrected chi connectivity index (χ4v) is 4.75. The van der Waals surface area contributed by atoms with Gasteiger partial charge >= 0.3 is 0 Å². The van der Waals surface area contributed by atoms with E-state index in [4.69, 9.17) is 10.1 Å². The Kier molecular flexibility index (Phi) is 5.09. The van der Waals surface area contributed by atoms with E-state index in [2.05, 4.69) is 51.8 Å². The van der Waals surface area contributed by atoms with Crippen LogP contribution in [-0.2, 0) is 6.54 Å². The van der Waals surface area contributed by atoms with Crippen molar-refractivity contribution in [1.82, 2.24) is 34.0 Å². The number of aromatic nitrogens is 6. The first kappa shape index (κ1) is 19.9. The maximum atomic E-state index is 4.91. The van der Waals surface area contributed by atoms with E-state index in [1.165, 1.54) is 12.8 Å². The maximum Gasteiger partial charge on any atom is 0.241 e. The van der Waals surface area contributed by atoms with Crippen LogP contribution in [0.5, 0.6) is 0 Å². The van der Waals surface area contributed by atoms with E-state index in [1.807, 2.05) is 36.0 Å². The highest BCUT2D eigenvalue weighted by molar-refractivity contribution is 5.82. The lowest BCUT2D eigenvalue weighted by Crippen LogP contribution is -2.36. The Morgan fingerprint density at radius 3 is 2.65 bits per heavy atom. The Balaban J connectivity index is 1.39. The molecule has 31 heavy (non-hydrogen) atoms. The first-order valence-corrected chi connectivity index (χ1v) is 11.1. The van der Waals surface area contributed by atoms with Gasteiger partial charge in [-0.25, -0.2) is 19.5 Å². The zero-order valence-electron chi connectivity index (χ0n) is 18.7. The first-order valence-electron chi connectivity index (χ1n) is 11.1. The van der Waals surface area contributed by atoms with Crippen LogP contribution < -0.4 is 5.32 Å². The average Bonchev–Trinajstić information content (AvgIpc) is 3.33. The predicted molar refractivity (Wildman–Crippen MR) is 123 cm³/mol. The lowest BCUT2D eigenvalue weighted by Gasteiger charge is -2.32.